The zero-order valence-corrected chi connectivity index (χ0v) is 15.0. The van der Waals surface area contributed by atoms with Crippen molar-refractivity contribution in [2.75, 3.05) is 0 Å². The number of amides is 1. The van der Waals surface area contributed by atoms with E-state index < -0.39 is 18.2 Å². The number of carbonyl (C=O) groups is 2. The van der Waals surface area contributed by atoms with Crippen molar-refractivity contribution in [1.29, 1.82) is 0 Å². The first-order valence-electron chi connectivity index (χ1n) is 8.84. The van der Waals surface area contributed by atoms with Crippen molar-refractivity contribution in [3.63, 3.8) is 0 Å². The largest absolute Gasteiger partial charge is 0.487 e. The number of hydrogen-bond acceptors (Lipinski definition) is 5. The number of nitrogens with one attached hydrogen (secondary N) is 1. The minimum Gasteiger partial charge on any atom is -0.487 e. The monoisotopic (exact) mass is 370 g/mol. The average Bonchev–Trinajstić information content (AvgIpc) is 3.18. The van der Waals surface area contributed by atoms with Gasteiger partial charge >= 0.3 is 5.97 Å². The Kier molecular flexibility index (Phi) is 6.03. The van der Waals surface area contributed by atoms with Crippen molar-refractivity contribution in [3.05, 3.63) is 59.9 Å². The van der Waals surface area contributed by atoms with Crippen molar-refractivity contribution in [2.45, 2.75) is 44.6 Å². The topological polar surface area (TPSA) is 97.8 Å². The van der Waals surface area contributed by atoms with E-state index in [0.29, 0.717) is 25.2 Å². The van der Waals surface area contributed by atoms with E-state index in [0.717, 1.165) is 11.3 Å². The molecule has 1 fully saturated rings. The number of nitrogens with zero attached hydrogens (tertiary/aromatic N) is 1. The summed E-state index contributed by atoms with van der Waals surface area (Å²) in [6, 6.07) is 12.8. The molecule has 3 atom stereocenters. The fourth-order valence-electron chi connectivity index (χ4n) is 2.92. The van der Waals surface area contributed by atoms with Crippen LogP contribution >= 0.6 is 0 Å². The summed E-state index contributed by atoms with van der Waals surface area (Å²) in [4.78, 5) is 27.5. The van der Waals surface area contributed by atoms with Crippen LogP contribution in [0.15, 0.2) is 48.7 Å². The molecular formula is C20H22N2O5. The molecule has 27 heavy (non-hydrogen) atoms. The van der Waals surface area contributed by atoms with Crippen LogP contribution in [0.1, 0.15) is 37.1 Å². The lowest BCUT2D eigenvalue weighted by atomic mass is 10.1. The maximum atomic E-state index is 12.3. The lowest BCUT2D eigenvalue weighted by Gasteiger charge is -2.18. The van der Waals surface area contributed by atoms with E-state index in [1.807, 2.05) is 49.4 Å². The Morgan fingerprint density at radius 1 is 1.26 bits per heavy atom. The average molecular weight is 370 g/mol. The van der Waals surface area contributed by atoms with E-state index in [4.69, 9.17) is 14.6 Å². The molecular weight excluding hydrogens is 348 g/mol. The lowest BCUT2D eigenvalue weighted by Crippen LogP contribution is -2.37. The highest BCUT2D eigenvalue weighted by atomic mass is 16.5. The van der Waals surface area contributed by atoms with Crippen LogP contribution in [0.5, 0.6) is 5.75 Å². The predicted octanol–water partition coefficient (Wildman–Crippen LogP) is 2.47. The molecule has 0 spiro atoms. The minimum absolute atomic E-state index is 0.261. The lowest BCUT2D eigenvalue weighted by molar-refractivity contribution is -0.151. The van der Waals surface area contributed by atoms with Gasteiger partial charge in [0.05, 0.1) is 11.7 Å². The number of aromatic nitrogens is 1. The summed E-state index contributed by atoms with van der Waals surface area (Å²) >= 11 is 0. The number of ether oxygens (including phenoxy) is 2. The third-order valence-corrected chi connectivity index (χ3v) is 4.42. The Morgan fingerprint density at radius 3 is 2.78 bits per heavy atom. The second-order valence-electron chi connectivity index (χ2n) is 6.44. The second kappa shape index (κ2) is 8.64. The van der Waals surface area contributed by atoms with Crippen LogP contribution in [-0.2, 0) is 20.9 Å². The molecule has 0 saturated carbocycles. The van der Waals surface area contributed by atoms with Gasteiger partial charge in [0.2, 0.25) is 5.91 Å². The Labute approximate surface area is 157 Å². The molecule has 1 aliphatic rings. The summed E-state index contributed by atoms with van der Waals surface area (Å²) in [6.45, 7) is 2.22. The molecule has 1 aliphatic heterocycles. The van der Waals surface area contributed by atoms with E-state index in [-0.39, 0.29) is 11.9 Å². The number of hydrogen-bond donors (Lipinski definition) is 2. The molecule has 2 aromatic rings. The highest BCUT2D eigenvalue weighted by Crippen LogP contribution is 2.23. The van der Waals surface area contributed by atoms with E-state index in [9.17, 15) is 9.59 Å². The smallest absolute Gasteiger partial charge is 0.332 e. The van der Waals surface area contributed by atoms with E-state index in [2.05, 4.69) is 10.3 Å². The highest BCUT2D eigenvalue weighted by molar-refractivity contribution is 5.83. The fraction of sp³-hybridized carbons (Fsp3) is 0.350. The van der Waals surface area contributed by atoms with Gasteiger partial charge in [0.15, 0.2) is 6.10 Å². The normalized spacial score (nSPS) is 20.0. The molecule has 1 aromatic carbocycles. The van der Waals surface area contributed by atoms with Gasteiger partial charge in [0.25, 0.3) is 0 Å². The Hall–Kier alpha value is -2.93. The molecule has 1 saturated heterocycles. The van der Waals surface area contributed by atoms with Gasteiger partial charge in [-0.05, 0) is 49.6 Å². The number of aliphatic carboxylic acids is 1. The Morgan fingerprint density at radius 2 is 2.07 bits per heavy atom. The van der Waals surface area contributed by atoms with Crippen LogP contribution in [0, 0.1) is 0 Å². The summed E-state index contributed by atoms with van der Waals surface area (Å²) in [6.07, 6.45) is 0.838. The summed E-state index contributed by atoms with van der Waals surface area (Å²) in [5.74, 6) is -0.649. The number of pyridine rings is 1. The minimum atomic E-state index is -1.03. The maximum absolute atomic E-state index is 12.3. The first-order valence-corrected chi connectivity index (χ1v) is 8.84. The third kappa shape index (κ3) is 5.04. The molecule has 142 valence electrons. The van der Waals surface area contributed by atoms with Crippen molar-refractivity contribution >= 4 is 11.9 Å². The zero-order chi connectivity index (χ0) is 19.2. The van der Waals surface area contributed by atoms with Gasteiger partial charge in [-0.1, -0.05) is 18.2 Å². The quantitative estimate of drug-likeness (QED) is 0.777. The molecule has 3 rings (SSSR count). The van der Waals surface area contributed by atoms with Gasteiger partial charge in [-0.15, -0.1) is 0 Å². The summed E-state index contributed by atoms with van der Waals surface area (Å²) < 4.78 is 11.1. The molecule has 2 N–H and O–H groups in total. The van der Waals surface area contributed by atoms with Crippen molar-refractivity contribution in [1.82, 2.24) is 10.3 Å². The maximum Gasteiger partial charge on any atom is 0.332 e. The molecule has 1 aromatic heterocycles. The molecule has 0 aliphatic carbocycles. The predicted molar refractivity (Wildman–Crippen MR) is 97.1 cm³/mol. The number of carbonyl (C=O) groups excluding carboxylic acids is 1. The SMILES string of the molecule is CC(NC(=O)[C@@H]1CC[C@H](C(=O)O)O1)c1cccc(OCc2ccccn2)c1. The molecule has 7 nitrogen and oxygen atoms in total. The van der Waals surface area contributed by atoms with Crippen molar-refractivity contribution in [2.24, 2.45) is 0 Å². The summed E-state index contributed by atoms with van der Waals surface area (Å²) in [5, 5.41) is 11.8. The van der Waals surface area contributed by atoms with E-state index in [1.165, 1.54) is 0 Å². The van der Waals surface area contributed by atoms with Gasteiger partial charge in [-0.25, -0.2) is 4.79 Å². The van der Waals surface area contributed by atoms with Crippen LogP contribution in [0.3, 0.4) is 0 Å². The van der Waals surface area contributed by atoms with Crippen LogP contribution in [-0.4, -0.2) is 34.2 Å². The first kappa shape index (κ1) is 18.8. The number of rotatable bonds is 7. The standard InChI is InChI=1S/C20H22N2O5/c1-13(22-19(23)17-8-9-18(27-17)20(24)25)14-5-4-7-16(11-14)26-12-15-6-2-3-10-21-15/h2-7,10-11,13,17-18H,8-9,12H2,1H3,(H,22,23)(H,24,25)/t13?,17-,18+/m0/s1. The molecule has 7 heteroatoms. The van der Waals surface area contributed by atoms with Gasteiger partial charge in [0, 0.05) is 6.20 Å². The molecule has 2 heterocycles. The van der Waals surface area contributed by atoms with Crippen LogP contribution in [0.25, 0.3) is 0 Å². The molecule has 1 amide bonds. The second-order valence-corrected chi connectivity index (χ2v) is 6.44. The fourth-order valence-corrected chi connectivity index (χ4v) is 2.92. The molecule has 1 unspecified atom stereocenters. The number of benzene rings is 1. The third-order valence-electron chi connectivity index (χ3n) is 4.42. The van der Waals surface area contributed by atoms with Gasteiger partial charge in [0.1, 0.15) is 18.5 Å². The number of carboxylic acid groups (broad SMARTS) is 1. The molecule has 0 bridgehead atoms. The van der Waals surface area contributed by atoms with Gasteiger partial charge < -0.3 is 19.9 Å². The van der Waals surface area contributed by atoms with Crippen molar-refractivity contribution < 1.29 is 24.2 Å². The van der Waals surface area contributed by atoms with Crippen molar-refractivity contribution in [3.8, 4) is 5.75 Å². The van der Waals surface area contributed by atoms with Gasteiger partial charge in [-0.2, -0.15) is 0 Å². The number of carboxylic acids is 1. The van der Waals surface area contributed by atoms with E-state index >= 15 is 0 Å². The zero-order valence-electron chi connectivity index (χ0n) is 15.0. The van der Waals surface area contributed by atoms with Crippen LogP contribution in [0.2, 0.25) is 0 Å². The molecule has 0 radical (unpaired) electrons. The van der Waals surface area contributed by atoms with E-state index in [1.54, 1.807) is 6.20 Å². The van der Waals surface area contributed by atoms with Crippen LogP contribution in [0.4, 0.5) is 0 Å². The van der Waals surface area contributed by atoms with Crippen LogP contribution < -0.4 is 10.1 Å². The highest BCUT2D eigenvalue weighted by Gasteiger charge is 2.35. The summed E-state index contributed by atoms with van der Waals surface area (Å²) in [7, 11) is 0. The Balaban J connectivity index is 1.56. The Bertz CT molecular complexity index is 796. The summed E-state index contributed by atoms with van der Waals surface area (Å²) in [5.41, 5.74) is 1.71. The first-order chi connectivity index (χ1) is 13.0. The van der Waals surface area contributed by atoms with Gasteiger partial charge in [-0.3, -0.25) is 9.78 Å².